The van der Waals surface area contributed by atoms with Crippen molar-refractivity contribution in [3.05, 3.63) is 119 Å². The Hall–Kier alpha value is -4.52. The summed E-state index contributed by atoms with van der Waals surface area (Å²) in [4.78, 5) is 16.5. The highest BCUT2D eigenvalue weighted by Gasteiger charge is 2.30. The van der Waals surface area contributed by atoms with Gasteiger partial charge in [0.15, 0.2) is 0 Å². The number of halogens is 3. The van der Waals surface area contributed by atoms with Crippen molar-refractivity contribution < 1.29 is 18.0 Å². The number of carbonyl (C=O) groups is 1. The summed E-state index contributed by atoms with van der Waals surface area (Å²) in [6.07, 6.45) is -1.51. The van der Waals surface area contributed by atoms with Crippen molar-refractivity contribution in [2.75, 3.05) is 17.2 Å². The Labute approximate surface area is 218 Å². The third kappa shape index (κ3) is 5.42. The lowest BCUT2D eigenvalue weighted by atomic mass is 9.94. The molecule has 0 fully saturated rings. The van der Waals surface area contributed by atoms with E-state index >= 15 is 0 Å². The molecular formula is C31H26F3N3O. The average molecular weight is 514 g/mol. The lowest BCUT2D eigenvalue weighted by Gasteiger charge is -2.15. The molecule has 0 radical (unpaired) electrons. The molecule has 3 N–H and O–H groups in total. The Morgan fingerprint density at radius 2 is 1.55 bits per heavy atom. The van der Waals surface area contributed by atoms with Gasteiger partial charge in [0.1, 0.15) is 0 Å². The first-order valence-corrected chi connectivity index (χ1v) is 12.3. The Kier molecular flexibility index (Phi) is 6.92. The second-order valence-corrected chi connectivity index (χ2v) is 9.14. The Morgan fingerprint density at radius 1 is 0.842 bits per heavy atom. The molecule has 0 aliphatic rings. The molecular weight excluding hydrogens is 487 g/mol. The minimum atomic E-state index is -4.41. The first-order chi connectivity index (χ1) is 18.3. The van der Waals surface area contributed by atoms with E-state index in [1.165, 1.54) is 23.1 Å². The van der Waals surface area contributed by atoms with Crippen molar-refractivity contribution >= 4 is 28.2 Å². The van der Waals surface area contributed by atoms with Crippen molar-refractivity contribution in [2.45, 2.75) is 19.5 Å². The van der Waals surface area contributed by atoms with Crippen molar-refractivity contribution in [1.29, 1.82) is 0 Å². The van der Waals surface area contributed by atoms with Crippen molar-refractivity contribution in [3.63, 3.8) is 0 Å². The van der Waals surface area contributed by atoms with Crippen molar-refractivity contribution in [1.82, 2.24) is 4.98 Å². The largest absolute Gasteiger partial charge is 0.416 e. The van der Waals surface area contributed by atoms with Crippen LogP contribution in [0, 0.1) is 6.92 Å². The molecule has 5 aromatic rings. The summed E-state index contributed by atoms with van der Waals surface area (Å²) in [5, 5.41) is 7.53. The number of nitrogens with one attached hydrogen (secondary N) is 3. The highest BCUT2D eigenvalue weighted by molar-refractivity contribution is 6.09. The van der Waals surface area contributed by atoms with Crippen LogP contribution in [0.2, 0.25) is 0 Å². The number of fused-ring (bicyclic) bond motifs is 1. The minimum absolute atomic E-state index is 0.330. The maximum absolute atomic E-state index is 13.2. The average Bonchev–Trinajstić information content (AvgIpc) is 3.32. The second-order valence-electron chi connectivity index (χ2n) is 9.14. The molecule has 0 atom stereocenters. The number of H-pyrrole nitrogens is 1. The summed E-state index contributed by atoms with van der Waals surface area (Å²) in [5.74, 6) is -0.330. The molecule has 0 bridgehead atoms. The Morgan fingerprint density at radius 3 is 2.29 bits per heavy atom. The lowest BCUT2D eigenvalue weighted by Crippen LogP contribution is -2.14. The van der Waals surface area contributed by atoms with Crippen LogP contribution in [0.3, 0.4) is 0 Å². The van der Waals surface area contributed by atoms with E-state index in [-0.39, 0.29) is 5.91 Å². The van der Waals surface area contributed by atoms with Crippen LogP contribution in [0.15, 0.2) is 97.2 Å². The van der Waals surface area contributed by atoms with Crippen LogP contribution in [0.1, 0.15) is 27.0 Å². The highest BCUT2D eigenvalue weighted by Crippen LogP contribution is 2.33. The van der Waals surface area contributed by atoms with Gasteiger partial charge in [-0.15, -0.1) is 0 Å². The topological polar surface area (TPSA) is 56.9 Å². The fraction of sp³-hybridized carbons (Fsp3) is 0.129. The molecule has 1 amide bonds. The predicted octanol–water partition coefficient (Wildman–Crippen LogP) is 8.07. The van der Waals surface area contributed by atoms with E-state index in [0.717, 1.165) is 41.9 Å². The van der Waals surface area contributed by atoms with E-state index in [4.69, 9.17) is 0 Å². The maximum atomic E-state index is 13.2. The van der Waals surface area contributed by atoms with Gasteiger partial charge in [0.25, 0.3) is 5.91 Å². The quantitative estimate of drug-likeness (QED) is 0.206. The number of carbonyl (C=O) groups excluding carboxylic acids is 1. The summed E-state index contributed by atoms with van der Waals surface area (Å²) in [6, 6.07) is 25.8. The smallest absolute Gasteiger partial charge is 0.385 e. The Balaban J connectivity index is 1.25. The molecule has 1 aromatic heterocycles. The zero-order chi connectivity index (χ0) is 26.7. The molecule has 0 spiro atoms. The van der Waals surface area contributed by atoms with Crippen molar-refractivity contribution in [3.8, 4) is 11.1 Å². The van der Waals surface area contributed by atoms with Gasteiger partial charge in [-0.2, -0.15) is 13.2 Å². The van der Waals surface area contributed by atoms with Crippen LogP contribution in [0.4, 0.5) is 24.5 Å². The van der Waals surface area contributed by atoms with E-state index in [9.17, 15) is 18.0 Å². The summed E-state index contributed by atoms with van der Waals surface area (Å²) >= 11 is 0. The summed E-state index contributed by atoms with van der Waals surface area (Å²) in [7, 11) is 0. The van der Waals surface area contributed by atoms with Crippen LogP contribution in [0.25, 0.3) is 22.0 Å². The zero-order valence-corrected chi connectivity index (χ0v) is 20.7. The van der Waals surface area contributed by atoms with Crippen LogP contribution in [-0.2, 0) is 12.6 Å². The van der Waals surface area contributed by atoms with Gasteiger partial charge in [0, 0.05) is 40.6 Å². The van der Waals surface area contributed by atoms with Crippen LogP contribution in [-0.4, -0.2) is 17.4 Å². The number of para-hydroxylation sites is 1. The number of anilines is 2. The van der Waals surface area contributed by atoms with Gasteiger partial charge in [-0.3, -0.25) is 4.79 Å². The van der Waals surface area contributed by atoms with Crippen LogP contribution >= 0.6 is 0 Å². The first-order valence-electron chi connectivity index (χ1n) is 12.3. The van der Waals surface area contributed by atoms with Gasteiger partial charge >= 0.3 is 6.18 Å². The molecule has 4 aromatic carbocycles. The van der Waals surface area contributed by atoms with Crippen molar-refractivity contribution in [2.24, 2.45) is 0 Å². The highest BCUT2D eigenvalue weighted by atomic mass is 19.4. The van der Waals surface area contributed by atoms with Gasteiger partial charge in [0.05, 0.1) is 5.56 Å². The molecule has 5 rings (SSSR count). The molecule has 0 aliphatic heterocycles. The zero-order valence-electron chi connectivity index (χ0n) is 20.7. The molecule has 38 heavy (non-hydrogen) atoms. The predicted molar refractivity (Wildman–Crippen MR) is 147 cm³/mol. The fourth-order valence-electron chi connectivity index (χ4n) is 4.62. The molecule has 0 saturated carbocycles. The summed E-state index contributed by atoms with van der Waals surface area (Å²) in [5.41, 5.74) is 5.55. The number of aromatic nitrogens is 1. The van der Waals surface area contributed by atoms with Crippen LogP contribution < -0.4 is 10.6 Å². The van der Waals surface area contributed by atoms with Gasteiger partial charge in [-0.1, -0.05) is 42.5 Å². The standard InChI is InChI=1S/C31H26F3N3O/c1-20-5-4-7-27(29(20)21-9-11-23(12-10-21)31(32,33)34)30(38)37-25-15-13-24(14-16-25)35-18-17-22-19-36-28-8-3-2-6-26(22)28/h2-16,19,35-36H,17-18H2,1H3,(H,37,38). The first kappa shape index (κ1) is 25.1. The molecule has 0 saturated heterocycles. The maximum Gasteiger partial charge on any atom is 0.416 e. The molecule has 0 aliphatic carbocycles. The molecule has 7 heteroatoms. The van der Waals surface area contributed by atoms with E-state index < -0.39 is 11.7 Å². The number of hydrogen-bond donors (Lipinski definition) is 3. The molecule has 1 heterocycles. The lowest BCUT2D eigenvalue weighted by molar-refractivity contribution is -0.137. The number of alkyl halides is 3. The number of rotatable bonds is 7. The summed E-state index contributed by atoms with van der Waals surface area (Å²) < 4.78 is 39.0. The van der Waals surface area contributed by atoms with E-state index in [2.05, 4.69) is 27.8 Å². The Bertz CT molecular complexity index is 1570. The van der Waals surface area contributed by atoms with E-state index in [0.29, 0.717) is 22.4 Å². The fourth-order valence-corrected chi connectivity index (χ4v) is 4.62. The van der Waals surface area contributed by atoms with Crippen LogP contribution in [0.5, 0.6) is 0 Å². The van der Waals surface area contributed by atoms with E-state index in [1.54, 1.807) is 12.1 Å². The minimum Gasteiger partial charge on any atom is -0.385 e. The van der Waals surface area contributed by atoms with Gasteiger partial charge in [-0.25, -0.2) is 0 Å². The van der Waals surface area contributed by atoms with E-state index in [1.807, 2.05) is 55.6 Å². The number of aromatic amines is 1. The second kappa shape index (κ2) is 10.5. The summed E-state index contributed by atoms with van der Waals surface area (Å²) in [6.45, 7) is 2.59. The number of hydrogen-bond acceptors (Lipinski definition) is 2. The monoisotopic (exact) mass is 513 g/mol. The number of aryl methyl sites for hydroxylation is 1. The van der Waals surface area contributed by atoms with Gasteiger partial charge < -0.3 is 15.6 Å². The number of amides is 1. The van der Waals surface area contributed by atoms with Gasteiger partial charge in [-0.05, 0) is 84.1 Å². The third-order valence-corrected chi connectivity index (χ3v) is 6.56. The normalized spacial score (nSPS) is 11.5. The molecule has 192 valence electrons. The number of benzene rings is 4. The van der Waals surface area contributed by atoms with Gasteiger partial charge in [0.2, 0.25) is 0 Å². The third-order valence-electron chi connectivity index (χ3n) is 6.56. The SMILES string of the molecule is Cc1cccc(C(=O)Nc2ccc(NCCc3c[nH]c4ccccc34)cc2)c1-c1ccc(C(F)(F)F)cc1. The molecule has 0 unspecified atom stereocenters. The molecule has 4 nitrogen and oxygen atoms in total.